The number of nitrogens with zero attached hydrogens (tertiary/aromatic N) is 3. The molecule has 0 radical (unpaired) electrons. The van der Waals surface area contributed by atoms with E-state index in [-0.39, 0.29) is 23.8 Å². The number of aryl methyl sites for hydroxylation is 1. The summed E-state index contributed by atoms with van der Waals surface area (Å²) in [6.07, 6.45) is 2.43. The summed E-state index contributed by atoms with van der Waals surface area (Å²) in [5.74, 6) is -0.492. The number of amides is 1. The van der Waals surface area contributed by atoms with E-state index >= 15 is 0 Å². The molecule has 3 aromatic rings. The number of guanidine groups is 1. The Labute approximate surface area is 223 Å². The monoisotopic (exact) mass is 537 g/mol. The van der Waals surface area contributed by atoms with Crippen molar-refractivity contribution >= 4 is 44.0 Å². The number of hydrogen-bond acceptors (Lipinski definition) is 6. The molecule has 0 saturated heterocycles. The fourth-order valence-corrected chi connectivity index (χ4v) is 6.20. The highest BCUT2D eigenvalue weighted by Gasteiger charge is 2.29. The summed E-state index contributed by atoms with van der Waals surface area (Å²) >= 11 is 0. The second-order valence-electron chi connectivity index (χ2n) is 9.51. The molecule has 1 aliphatic heterocycles. The fraction of sp³-hybridized carbons (Fsp3) is 0.333. The maximum atomic E-state index is 13.7. The first-order valence-corrected chi connectivity index (χ1v) is 14.1. The first-order chi connectivity index (χ1) is 18.2. The summed E-state index contributed by atoms with van der Waals surface area (Å²) in [5, 5.41) is 3.18. The van der Waals surface area contributed by atoms with E-state index in [0.29, 0.717) is 18.4 Å². The van der Waals surface area contributed by atoms with Gasteiger partial charge in [-0.15, -0.1) is 0 Å². The first kappa shape index (κ1) is 27.2. The van der Waals surface area contributed by atoms with Gasteiger partial charge >= 0.3 is 0 Å². The van der Waals surface area contributed by atoms with Gasteiger partial charge in [-0.1, -0.05) is 42.5 Å². The molecule has 1 amide bonds. The lowest BCUT2D eigenvalue weighted by Gasteiger charge is -2.32. The van der Waals surface area contributed by atoms with Crippen molar-refractivity contribution in [1.29, 1.82) is 0 Å². The van der Waals surface area contributed by atoms with E-state index in [4.69, 9.17) is 11.5 Å². The van der Waals surface area contributed by atoms with Crippen LogP contribution >= 0.6 is 0 Å². The number of rotatable bonds is 10. The van der Waals surface area contributed by atoms with Gasteiger partial charge in [0, 0.05) is 43.6 Å². The number of hydrazine groups is 1. The Morgan fingerprint density at radius 3 is 2.55 bits per heavy atom. The number of nitrogens with two attached hydrogens (primary N) is 2. The number of fused-ring (bicyclic) bond motifs is 2. The van der Waals surface area contributed by atoms with Crippen molar-refractivity contribution in [3.8, 4) is 0 Å². The minimum Gasteiger partial charge on any atom is -0.377 e. The molecule has 0 aliphatic carbocycles. The Hall–Kier alpha value is -3.83. The largest absolute Gasteiger partial charge is 0.377 e. The third-order valence-corrected chi connectivity index (χ3v) is 8.07. The number of hydrogen-bond donors (Lipinski definition) is 4. The maximum Gasteiger partial charge on any atom is 0.256 e. The van der Waals surface area contributed by atoms with Crippen molar-refractivity contribution in [3.05, 3.63) is 66.2 Å². The molecule has 1 atom stereocenters. The zero-order valence-corrected chi connectivity index (χ0v) is 22.5. The van der Waals surface area contributed by atoms with Crippen LogP contribution in [0.1, 0.15) is 24.8 Å². The number of anilines is 2. The average molecular weight is 538 g/mol. The van der Waals surface area contributed by atoms with Gasteiger partial charge in [-0.3, -0.25) is 20.2 Å². The van der Waals surface area contributed by atoms with Gasteiger partial charge in [-0.25, -0.2) is 8.42 Å². The first-order valence-electron chi connectivity index (χ1n) is 12.6. The second-order valence-corrected chi connectivity index (χ2v) is 11.2. The number of carbonyl (C=O) groups excluding carboxylic acids is 1. The van der Waals surface area contributed by atoms with Gasteiger partial charge in [-0.2, -0.15) is 4.72 Å². The number of carbonyl (C=O) groups is 1. The van der Waals surface area contributed by atoms with Crippen molar-refractivity contribution in [2.24, 2.45) is 16.5 Å². The standard InChI is InChI=1S/C27H35N7O3S/c1-33(2)24-15-5-12-21-20(24)11-6-16-25(21)38(36,37)32-22(13-7-17-30-27(28)29)26(35)31-34-18-8-10-19-9-3-4-14-23(19)34/h3-6,9,11-12,14-16,22,32H,7-8,10,13,17-18H2,1-2H3,(H,31,35)(H4,28,29,30)/t22-/m0/s1. The van der Waals surface area contributed by atoms with Crippen molar-refractivity contribution < 1.29 is 13.2 Å². The van der Waals surface area contributed by atoms with Crippen LogP contribution in [0, 0.1) is 0 Å². The summed E-state index contributed by atoms with van der Waals surface area (Å²) in [6, 6.07) is 17.5. The van der Waals surface area contributed by atoms with Crippen LogP contribution < -0.4 is 31.5 Å². The molecule has 0 saturated carbocycles. The SMILES string of the molecule is CN(C)c1cccc2c(S(=O)(=O)N[C@@H](CCCN=C(N)N)C(=O)NN3CCCc4ccccc43)cccc12. The Morgan fingerprint density at radius 1 is 1.05 bits per heavy atom. The molecule has 11 heteroatoms. The molecule has 0 bridgehead atoms. The van der Waals surface area contributed by atoms with Crippen LogP contribution in [0.2, 0.25) is 0 Å². The minimum absolute atomic E-state index is 0.0519. The van der Waals surface area contributed by atoms with Crippen LogP contribution in [-0.2, 0) is 21.2 Å². The summed E-state index contributed by atoms with van der Waals surface area (Å²) in [6.45, 7) is 0.910. The smallest absolute Gasteiger partial charge is 0.256 e. The van der Waals surface area contributed by atoms with Crippen LogP contribution in [0.5, 0.6) is 0 Å². The minimum atomic E-state index is -4.06. The Bertz CT molecular complexity index is 1440. The summed E-state index contributed by atoms with van der Waals surface area (Å²) in [4.78, 5) is 19.5. The fourth-order valence-electron chi connectivity index (χ4n) is 4.75. The molecular formula is C27H35N7O3S. The van der Waals surface area contributed by atoms with Crippen LogP contribution in [0.25, 0.3) is 10.8 Å². The lowest BCUT2D eigenvalue weighted by atomic mass is 10.0. The van der Waals surface area contributed by atoms with Crippen LogP contribution in [0.15, 0.2) is 70.6 Å². The molecule has 10 nitrogen and oxygen atoms in total. The lowest BCUT2D eigenvalue weighted by molar-refractivity contribution is -0.123. The Morgan fingerprint density at radius 2 is 1.79 bits per heavy atom. The average Bonchev–Trinajstić information content (AvgIpc) is 2.89. The zero-order valence-electron chi connectivity index (χ0n) is 21.7. The molecule has 0 spiro atoms. The number of benzene rings is 3. The van der Waals surface area contributed by atoms with Gasteiger partial charge in [0.15, 0.2) is 5.96 Å². The normalized spacial score (nSPS) is 14.0. The maximum absolute atomic E-state index is 13.7. The Kier molecular flexibility index (Phi) is 8.38. The van der Waals surface area contributed by atoms with Gasteiger partial charge in [0.25, 0.3) is 5.91 Å². The zero-order chi connectivity index (χ0) is 27.3. The van der Waals surface area contributed by atoms with Gasteiger partial charge in [0.1, 0.15) is 6.04 Å². The molecule has 0 aromatic heterocycles. The van der Waals surface area contributed by atoms with E-state index in [9.17, 15) is 13.2 Å². The highest BCUT2D eigenvalue weighted by molar-refractivity contribution is 7.89. The summed E-state index contributed by atoms with van der Waals surface area (Å²) < 4.78 is 30.0. The van der Waals surface area contributed by atoms with Crippen molar-refractivity contribution in [1.82, 2.24) is 10.1 Å². The number of nitrogens with one attached hydrogen (secondary N) is 2. The van der Waals surface area contributed by atoms with Gasteiger partial charge in [0.2, 0.25) is 10.0 Å². The van der Waals surface area contributed by atoms with Crippen LogP contribution in [0.4, 0.5) is 11.4 Å². The van der Waals surface area contributed by atoms with E-state index in [2.05, 4.69) is 15.1 Å². The van der Waals surface area contributed by atoms with Gasteiger partial charge in [-0.05, 0) is 49.4 Å². The van der Waals surface area contributed by atoms with Crippen LogP contribution in [0.3, 0.4) is 0 Å². The number of para-hydroxylation sites is 1. The predicted molar refractivity (Wildman–Crippen MR) is 153 cm³/mol. The molecule has 1 aliphatic rings. The van der Waals surface area contributed by atoms with E-state index in [1.165, 1.54) is 0 Å². The molecule has 6 N–H and O–H groups in total. The molecule has 38 heavy (non-hydrogen) atoms. The van der Waals surface area contributed by atoms with Gasteiger partial charge < -0.3 is 16.4 Å². The third kappa shape index (κ3) is 6.17. The topological polar surface area (TPSA) is 146 Å². The highest BCUT2D eigenvalue weighted by atomic mass is 32.2. The number of sulfonamides is 1. The van der Waals surface area contributed by atoms with E-state index < -0.39 is 22.0 Å². The number of aliphatic imine (C=N–C) groups is 1. The van der Waals surface area contributed by atoms with E-state index in [0.717, 1.165) is 35.2 Å². The molecule has 3 aromatic carbocycles. The quantitative estimate of drug-likeness (QED) is 0.176. The molecule has 1 heterocycles. The molecule has 4 rings (SSSR count). The molecule has 0 unspecified atom stereocenters. The van der Waals surface area contributed by atoms with Crippen molar-refractivity contribution in [3.63, 3.8) is 0 Å². The molecular weight excluding hydrogens is 502 g/mol. The van der Waals surface area contributed by atoms with Crippen molar-refractivity contribution in [2.75, 3.05) is 37.1 Å². The second kappa shape index (κ2) is 11.7. The predicted octanol–water partition coefficient (Wildman–Crippen LogP) is 2.09. The Balaban J connectivity index is 1.62. The highest BCUT2D eigenvalue weighted by Crippen LogP contribution is 2.30. The van der Waals surface area contributed by atoms with Crippen LogP contribution in [-0.4, -0.2) is 53.5 Å². The summed E-state index contributed by atoms with van der Waals surface area (Å²) in [5.41, 5.74) is 16.7. The molecule has 202 valence electrons. The summed E-state index contributed by atoms with van der Waals surface area (Å²) in [7, 11) is -0.248. The molecule has 0 fully saturated rings. The van der Waals surface area contributed by atoms with Gasteiger partial charge in [0.05, 0.1) is 10.6 Å². The third-order valence-electron chi connectivity index (χ3n) is 6.54. The lowest BCUT2D eigenvalue weighted by Crippen LogP contribution is -2.53. The van der Waals surface area contributed by atoms with E-state index in [1.807, 2.05) is 61.5 Å². The van der Waals surface area contributed by atoms with Crippen molar-refractivity contribution in [2.45, 2.75) is 36.6 Å². The van der Waals surface area contributed by atoms with E-state index in [1.54, 1.807) is 23.2 Å².